The molecule has 1 unspecified atom stereocenters. The zero-order valence-electron chi connectivity index (χ0n) is 11.1. The fourth-order valence-corrected chi connectivity index (χ4v) is 2.06. The molecular weight excluding hydrogens is 284 g/mol. The Morgan fingerprint density at radius 3 is 2.60 bits per heavy atom. The van der Waals surface area contributed by atoms with Gasteiger partial charge in [-0.05, 0) is 36.8 Å². The molecule has 2 aromatic carbocycles. The second-order valence-electron chi connectivity index (χ2n) is 4.36. The average molecular weight is 298 g/mol. The standard InChI is InChI=1S/C15H14ClF2NO/c1-9(10-6-7-14(20-2)12(17)8-10)19-13-5-3-4-11(16)15(13)18/h3-9,19H,1-2H3. The van der Waals surface area contributed by atoms with E-state index >= 15 is 0 Å². The van der Waals surface area contributed by atoms with Crippen molar-refractivity contribution < 1.29 is 13.5 Å². The summed E-state index contributed by atoms with van der Waals surface area (Å²) >= 11 is 5.72. The fourth-order valence-electron chi connectivity index (χ4n) is 1.88. The maximum absolute atomic E-state index is 13.8. The summed E-state index contributed by atoms with van der Waals surface area (Å²) in [5.74, 6) is -0.796. The van der Waals surface area contributed by atoms with Gasteiger partial charge in [0.2, 0.25) is 0 Å². The highest BCUT2D eigenvalue weighted by Crippen LogP contribution is 2.27. The molecule has 0 aromatic heterocycles. The molecular formula is C15H14ClF2NO. The summed E-state index contributed by atoms with van der Waals surface area (Å²) < 4.78 is 32.3. The maximum Gasteiger partial charge on any atom is 0.165 e. The molecule has 0 saturated heterocycles. The van der Waals surface area contributed by atoms with Crippen LogP contribution in [0.1, 0.15) is 18.5 Å². The average Bonchev–Trinajstić information content (AvgIpc) is 2.43. The van der Waals surface area contributed by atoms with E-state index in [4.69, 9.17) is 16.3 Å². The number of anilines is 1. The van der Waals surface area contributed by atoms with Gasteiger partial charge in [-0.1, -0.05) is 23.7 Å². The van der Waals surface area contributed by atoms with Crippen molar-refractivity contribution in [2.75, 3.05) is 12.4 Å². The predicted octanol–water partition coefficient (Wildman–Crippen LogP) is 4.80. The second-order valence-corrected chi connectivity index (χ2v) is 4.77. The predicted molar refractivity (Wildman–Crippen MR) is 76.4 cm³/mol. The largest absolute Gasteiger partial charge is 0.494 e. The fraction of sp³-hybridized carbons (Fsp3) is 0.200. The Morgan fingerprint density at radius 2 is 1.95 bits per heavy atom. The number of hydrogen-bond donors (Lipinski definition) is 1. The number of halogens is 3. The van der Waals surface area contributed by atoms with Crippen LogP contribution in [-0.2, 0) is 0 Å². The number of hydrogen-bond acceptors (Lipinski definition) is 2. The first-order valence-corrected chi connectivity index (χ1v) is 6.44. The van der Waals surface area contributed by atoms with E-state index in [9.17, 15) is 8.78 Å². The molecule has 0 radical (unpaired) electrons. The van der Waals surface area contributed by atoms with Gasteiger partial charge in [0.05, 0.1) is 17.8 Å². The monoisotopic (exact) mass is 297 g/mol. The first kappa shape index (κ1) is 14.6. The van der Waals surface area contributed by atoms with E-state index in [0.717, 1.165) is 0 Å². The second kappa shape index (κ2) is 6.09. The van der Waals surface area contributed by atoms with Gasteiger partial charge in [0.1, 0.15) is 0 Å². The van der Waals surface area contributed by atoms with Crippen LogP contribution in [0.3, 0.4) is 0 Å². The molecule has 20 heavy (non-hydrogen) atoms. The molecule has 0 aliphatic rings. The van der Waals surface area contributed by atoms with E-state index in [2.05, 4.69) is 5.32 Å². The Hall–Kier alpha value is -1.81. The summed E-state index contributed by atoms with van der Waals surface area (Å²) in [6.07, 6.45) is 0. The maximum atomic E-state index is 13.8. The molecule has 0 spiro atoms. The van der Waals surface area contributed by atoms with Crippen molar-refractivity contribution in [3.63, 3.8) is 0 Å². The van der Waals surface area contributed by atoms with E-state index in [-0.39, 0.29) is 22.5 Å². The van der Waals surface area contributed by atoms with Gasteiger partial charge in [0.15, 0.2) is 17.4 Å². The van der Waals surface area contributed by atoms with Gasteiger partial charge in [-0.3, -0.25) is 0 Å². The molecule has 0 amide bonds. The van der Waals surface area contributed by atoms with Crippen LogP contribution in [0.15, 0.2) is 36.4 Å². The molecule has 2 rings (SSSR count). The van der Waals surface area contributed by atoms with Crippen LogP contribution in [-0.4, -0.2) is 7.11 Å². The van der Waals surface area contributed by atoms with Crippen molar-refractivity contribution in [3.05, 3.63) is 58.6 Å². The third-order valence-corrected chi connectivity index (χ3v) is 3.29. The lowest BCUT2D eigenvalue weighted by molar-refractivity contribution is 0.386. The molecule has 0 aliphatic carbocycles. The molecule has 0 aliphatic heterocycles. The van der Waals surface area contributed by atoms with Gasteiger partial charge < -0.3 is 10.1 Å². The zero-order chi connectivity index (χ0) is 14.7. The van der Waals surface area contributed by atoms with Crippen LogP contribution < -0.4 is 10.1 Å². The third-order valence-electron chi connectivity index (χ3n) is 3.00. The van der Waals surface area contributed by atoms with Crippen molar-refractivity contribution in [2.24, 2.45) is 0 Å². The molecule has 0 fully saturated rings. The summed E-state index contributed by atoms with van der Waals surface area (Å²) in [6, 6.07) is 9.05. The minimum absolute atomic E-state index is 0.0445. The summed E-state index contributed by atoms with van der Waals surface area (Å²) in [7, 11) is 1.40. The lowest BCUT2D eigenvalue weighted by Crippen LogP contribution is -2.08. The molecule has 0 saturated carbocycles. The first-order chi connectivity index (χ1) is 9.52. The van der Waals surface area contributed by atoms with Gasteiger partial charge in [-0.15, -0.1) is 0 Å². The molecule has 0 bridgehead atoms. The number of rotatable bonds is 4. The topological polar surface area (TPSA) is 21.3 Å². The number of methoxy groups -OCH3 is 1. The SMILES string of the molecule is COc1ccc(C(C)Nc2cccc(Cl)c2F)cc1F. The van der Waals surface area contributed by atoms with Crippen molar-refractivity contribution in [3.8, 4) is 5.75 Å². The van der Waals surface area contributed by atoms with Gasteiger partial charge >= 0.3 is 0 Å². The van der Waals surface area contributed by atoms with Crippen LogP contribution >= 0.6 is 11.6 Å². The Labute approximate surface area is 121 Å². The molecule has 5 heteroatoms. The minimum Gasteiger partial charge on any atom is -0.494 e. The first-order valence-electron chi connectivity index (χ1n) is 6.07. The summed E-state index contributed by atoms with van der Waals surface area (Å²) in [6.45, 7) is 1.81. The molecule has 106 valence electrons. The number of ether oxygens (including phenoxy) is 1. The highest BCUT2D eigenvalue weighted by molar-refractivity contribution is 6.31. The van der Waals surface area contributed by atoms with Crippen LogP contribution in [0.2, 0.25) is 5.02 Å². The van der Waals surface area contributed by atoms with Crippen LogP contribution in [0.25, 0.3) is 0 Å². The molecule has 0 heterocycles. The number of benzene rings is 2. The van der Waals surface area contributed by atoms with Crippen LogP contribution in [0, 0.1) is 11.6 Å². The van der Waals surface area contributed by atoms with Crippen molar-refractivity contribution in [1.82, 2.24) is 0 Å². The Kier molecular flexibility index (Phi) is 4.45. The van der Waals surface area contributed by atoms with Gasteiger partial charge in [0.25, 0.3) is 0 Å². The number of nitrogens with one attached hydrogen (secondary N) is 1. The molecule has 2 aromatic rings. The van der Waals surface area contributed by atoms with Gasteiger partial charge in [-0.2, -0.15) is 0 Å². The van der Waals surface area contributed by atoms with Crippen LogP contribution in [0.4, 0.5) is 14.5 Å². The Morgan fingerprint density at radius 1 is 1.20 bits per heavy atom. The molecule has 2 nitrogen and oxygen atoms in total. The summed E-state index contributed by atoms with van der Waals surface area (Å²) in [5.41, 5.74) is 0.962. The smallest absolute Gasteiger partial charge is 0.165 e. The molecule has 1 atom stereocenters. The highest BCUT2D eigenvalue weighted by Gasteiger charge is 2.12. The lowest BCUT2D eigenvalue weighted by atomic mass is 10.1. The molecule has 1 N–H and O–H groups in total. The van der Waals surface area contributed by atoms with Gasteiger partial charge in [0, 0.05) is 6.04 Å². The third kappa shape index (κ3) is 3.02. The van der Waals surface area contributed by atoms with Gasteiger partial charge in [-0.25, -0.2) is 8.78 Å². The van der Waals surface area contributed by atoms with Crippen LogP contribution in [0.5, 0.6) is 5.75 Å². The minimum atomic E-state index is -0.519. The summed E-state index contributed by atoms with van der Waals surface area (Å²) in [4.78, 5) is 0. The van der Waals surface area contributed by atoms with E-state index in [0.29, 0.717) is 5.56 Å². The van der Waals surface area contributed by atoms with E-state index < -0.39 is 11.6 Å². The highest BCUT2D eigenvalue weighted by atomic mass is 35.5. The van der Waals surface area contributed by atoms with Crippen molar-refractivity contribution in [2.45, 2.75) is 13.0 Å². The van der Waals surface area contributed by atoms with Crippen molar-refractivity contribution >= 4 is 17.3 Å². The summed E-state index contributed by atoms with van der Waals surface area (Å²) in [5, 5.41) is 3.01. The normalized spacial score (nSPS) is 12.1. The Balaban J connectivity index is 2.21. The van der Waals surface area contributed by atoms with E-state index in [1.165, 1.54) is 25.3 Å². The zero-order valence-corrected chi connectivity index (χ0v) is 11.8. The Bertz CT molecular complexity index is 619. The van der Waals surface area contributed by atoms with E-state index in [1.54, 1.807) is 18.2 Å². The quantitative estimate of drug-likeness (QED) is 0.875. The lowest BCUT2D eigenvalue weighted by Gasteiger charge is -2.17. The van der Waals surface area contributed by atoms with E-state index in [1.807, 2.05) is 6.92 Å². The van der Waals surface area contributed by atoms with Crippen molar-refractivity contribution in [1.29, 1.82) is 0 Å².